The molecule has 3 nitrogen and oxygen atoms in total. The van der Waals surface area contributed by atoms with Gasteiger partial charge in [-0.2, -0.15) is 0 Å². The third-order valence-electron chi connectivity index (χ3n) is 3.78. The van der Waals surface area contributed by atoms with Gasteiger partial charge in [-0.25, -0.2) is 0 Å². The minimum absolute atomic E-state index is 0.0239. The third-order valence-corrected chi connectivity index (χ3v) is 3.78. The summed E-state index contributed by atoms with van der Waals surface area (Å²) < 4.78 is 0. The van der Waals surface area contributed by atoms with Crippen molar-refractivity contribution < 1.29 is 5.11 Å². The Balaban J connectivity index is 2.79. The van der Waals surface area contributed by atoms with Gasteiger partial charge < -0.3 is 16.2 Å². The van der Waals surface area contributed by atoms with Crippen LogP contribution in [-0.4, -0.2) is 30.8 Å². The highest BCUT2D eigenvalue weighted by Gasteiger charge is 2.22. The second-order valence-electron chi connectivity index (χ2n) is 6.21. The first-order valence-electron chi connectivity index (χ1n) is 6.93. The maximum Gasteiger partial charge on any atom is 0.0594 e. The molecule has 4 N–H and O–H groups in total. The summed E-state index contributed by atoms with van der Waals surface area (Å²) in [5.74, 6) is 0. The SMILES string of the molecule is Cc1cc(C)c(C(C)(C)CNCC(N)CO)cc1C. The van der Waals surface area contributed by atoms with Gasteiger partial charge in [0.1, 0.15) is 0 Å². The highest BCUT2D eigenvalue weighted by molar-refractivity contribution is 5.40. The zero-order valence-corrected chi connectivity index (χ0v) is 12.9. The molecule has 0 radical (unpaired) electrons. The number of aliphatic hydroxyl groups is 1. The highest BCUT2D eigenvalue weighted by atomic mass is 16.3. The van der Waals surface area contributed by atoms with Gasteiger partial charge in [-0.15, -0.1) is 0 Å². The molecular weight excluding hydrogens is 236 g/mol. The van der Waals surface area contributed by atoms with Gasteiger partial charge in [0.15, 0.2) is 0 Å². The molecule has 1 rings (SSSR count). The lowest BCUT2D eigenvalue weighted by Crippen LogP contribution is -2.42. The van der Waals surface area contributed by atoms with Crippen molar-refractivity contribution in [3.63, 3.8) is 0 Å². The Morgan fingerprint density at radius 3 is 2.32 bits per heavy atom. The van der Waals surface area contributed by atoms with Crippen LogP contribution in [0.5, 0.6) is 0 Å². The zero-order valence-electron chi connectivity index (χ0n) is 12.9. The molecule has 0 saturated heterocycles. The van der Waals surface area contributed by atoms with Crippen molar-refractivity contribution in [2.75, 3.05) is 19.7 Å². The number of nitrogens with one attached hydrogen (secondary N) is 1. The number of rotatable bonds is 6. The van der Waals surface area contributed by atoms with E-state index >= 15 is 0 Å². The van der Waals surface area contributed by atoms with Crippen LogP contribution in [-0.2, 0) is 5.41 Å². The number of hydrogen-bond acceptors (Lipinski definition) is 3. The smallest absolute Gasteiger partial charge is 0.0594 e. The van der Waals surface area contributed by atoms with Crippen LogP contribution in [0.3, 0.4) is 0 Å². The second-order valence-corrected chi connectivity index (χ2v) is 6.21. The summed E-state index contributed by atoms with van der Waals surface area (Å²) in [7, 11) is 0. The molecule has 1 aromatic carbocycles. The molecule has 0 aromatic heterocycles. The van der Waals surface area contributed by atoms with Crippen molar-refractivity contribution in [2.45, 2.75) is 46.1 Å². The predicted octanol–water partition coefficient (Wildman–Crippen LogP) is 1.80. The van der Waals surface area contributed by atoms with E-state index in [-0.39, 0.29) is 18.1 Å². The van der Waals surface area contributed by atoms with Crippen LogP contribution in [0, 0.1) is 20.8 Å². The first-order valence-corrected chi connectivity index (χ1v) is 6.93. The lowest BCUT2D eigenvalue weighted by Gasteiger charge is -2.29. The van der Waals surface area contributed by atoms with Crippen LogP contribution >= 0.6 is 0 Å². The molecule has 0 bridgehead atoms. The molecule has 0 spiro atoms. The van der Waals surface area contributed by atoms with Gasteiger partial charge in [-0.05, 0) is 43.0 Å². The average Bonchev–Trinajstić information content (AvgIpc) is 2.33. The predicted molar refractivity (Wildman–Crippen MR) is 81.6 cm³/mol. The fourth-order valence-electron chi connectivity index (χ4n) is 2.42. The minimum Gasteiger partial charge on any atom is -0.395 e. The normalized spacial score (nSPS) is 13.6. The van der Waals surface area contributed by atoms with Gasteiger partial charge in [-0.1, -0.05) is 26.0 Å². The molecule has 0 aliphatic rings. The lowest BCUT2D eigenvalue weighted by atomic mass is 9.80. The molecule has 1 unspecified atom stereocenters. The summed E-state index contributed by atoms with van der Waals surface area (Å²) in [4.78, 5) is 0. The quantitative estimate of drug-likeness (QED) is 0.734. The molecule has 3 heteroatoms. The molecule has 1 aromatic rings. The molecule has 0 fully saturated rings. The van der Waals surface area contributed by atoms with Crippen molar-refractivity contribution in [1.29, 1.82) is 0 Å². The van der Waals surface area contributed by atoms with E-state index in [0.29, 0.717) is 6.54 Å². The molecule has 108 valence electrons. The van der Waals surface area contributed by atoms with Gasteiger partial charge in [0.05, 0.1) is 6.61 Å². The van der Waals surface area contributed by atoms with Crippen molar-refractivity contribution >= 4 is 0 Å². The lowest BCUT2D eigenvalue weighted by molar-refractivity contribution is 0.260. The van der Waals surface area contributed by atoms with E-state index in [1.54, 1.807) is 0 Å². The van der Waals surface area contributed by atoms with E-state index in [9.17, 15) is 0 Å². The van der Waals surface area contributed by atoms with Crippen LogP contribution in [0.1, 0.15) is 36.1 Å². The molecule has 19 heavy (non-hydrogen) atoms. The topological polar surface area (TPSA) is 58.3 Å². The molecular formula is C16H28N2O. The Morgan fingerprint density at radius 2 is 1.74 bits per heavy atom. The summed E-state index contributed by atoms with van der Waals surface area (Å²) >= 11 is 0. The number of aryl methyl sites for hydroxylation is 3. The van der Waals surface area contributed by atoms with E-state index in [0.717, 1.165) is 6.54 Å². The number of benzene rings is 1. The van der Waals surface area contributed by atoms with Gasteiger partial charge >= 0.3 is 0 Å². The first-order chi connectivity index (χ1) is 8.77. The van der Waals surface area contributed by atoms with E-state index in [1.807, 2.05) is 0 Å². The van der Waals surface area contributed by atoms with E-state index in [1.165, 1.54) is 22.3 Å². The molecule has 0 aliphatic heterocycles. The Hall–Kier alpha value is -0.900. The number of nitrogens with two attached hydrogens (primary N) is 1. The van der Waals surface area contributed by atoms with Crippen LogP contribution in [0.2, 0.25) is 0 Å². The van der Waals surface area contributed by atoms with Crippen LogP contribution in [0.4, 0.5) is 0 Å². The molecule has 1 atom stereocenters. The Bertz CT molecular complexity index is 427. The monoisotopic (exact) mass is 264 g/mol. The summed E-state index contributed by atoms with van der Waals surface area (Å²) in [6.45, 7) is 12.5. The summed E-state index contributed by atoms with van der Waals surface area (Å²) in [5.41, 5.74) is 11.1. The summed E-state index contributed by atoms with van der Waals surface area (Å²) in [6, 6.07) is 4.36. The summed E-state index contributed by atoms with van der Waals surface area (Å²) in [6.07, 6.45) is 0. The van der Waals surface area contributed by atoms with Crippen molar-refractivity contribution in [2.24, 2.45) is 5.73 Å². The fourth-order valence-corrected chi connectivity index (χ4v) is 2.42. The standard InChI is InChI=1S/C16H28N2O/c1-11-6-13(3)15(7-12(11)2)16(4,5)10-18-8-14(17)9-19/h6-7,14,18-19H,8-10,17H2,1-5H3. The third kappa shape index (κ3) is 4.30. The summed E-state index contributed by atoms with van der Waals surface area (Å²) in [5, 5.41) is 12.3. The molecule has 0 aliphatic carbocycles. The van der Waals surface area contributed by atoms with Gasteiger partial charge in [0.2, 0.25) is 0 Å². The molecule has 0 amide bonds. The van der Waals surface area contributed by atoms with E-state index in [2.05, 4.69) is 52.1 Å². The molecule has 0 heterocycles. The van der Waals surface area contributed by atoms with E-state index < -0.39 is 0 Å². The Morgan fingerprint density at radius 1 is 1.16 bits per heavy atom. The zero-order chi connectivity index (χ0) is 14.6. The van der Waals surface area contributed by atoms with Crippen molar-refractivity contribution in [3.8, 4) is 0 Å². The van der Waals surface area contributed by atoms with Crippen LogP contribution < -0.4 is 11.1 Å². The maximum absolute atomic E-state index is 8.93. The second kappa shape index (κ2) is 6.51. The van der Waals surface area contributed by atoms with E-state index in [4.69, 9.17) is 10.8 Å². The van der Waals surface area contributed by atoms with Gasteiger partial charge in [0, 0.05) is 24.5 Å². The van der Waals surface area contributed by atoms with Crippen LogP contribution in [0.15, 0.2) is 12.1 Å². The van der Waals surface area contributed by atoms with Gasteiger partial charge in [-0.3, -0.25) is 0 Å². The maximum atomic E-state index is 8.93. The largest absolute Gasteiger partial charge is 0.395 e. The van der Waals surface area contributed by atoms with Gasteiger partial charge in [0.25, 0.3) is 0 Å². The Kier molecular flexibility index (Phi) is 5.53. The first kappa shape index (κ1) is 16.2. The van der Waals surface area contributed by atoms with Crippen molar-refractivity contribution in [3.05, 3.63) is 34.4 Å². The van der Waals surface area contributed by atoms with Crippen LogP contribution in [0.25, 0.3) is 0 Å². The van der Waals surface area contributed by atoms with Crippen molar-refractivity contribution in [1.82, 2.24) is 5.32 Å². The number of aliphatic hydroxyl groups excluding tert-OH is 1. The average molecular weight is 264 g/mol. The Labute approximate surface area is 117 Å². The highest BCUT2D eigenvalue weighted by Crippen LogP contribution is 2.28. The minimum atomic E-state index is -0.184. The number of hydrogen-bond donors (Lipinski definition) is 3. The fraction of sp³-hybridized carbons (Fsp3) is 0.625. The molecule has 0 saturated carbocycles.